The Hall–Kier alpha value is -0.690. The minimum absolute atomic E-state index is 1.94. The summed E-state index contributed by atoms with van der Waals surface area (Å²) in [5.74, 6) is 0. The molecular weight excluding hydrogens is 296 g/mol. The average Bonchev–Trinajstić information content (AvgIpc) is 1.98. The highest BCUT2D eigenvalue weighted by Gasteiger charge is 2.66. The van der Waals surface area contributed by atoms with Crippen LogP contribution in [0.3, 0.4) is 0 Å². The van der Waals surface area contributed by atoms with Crippen LogP contribution < -0.4 is 0 Å². The van der Waals surface area contributed by atoms with Crippen molar-refractivity contribution in [3.8, 4) is 0 Å². The van der Waals surface area contributed by atoms with Gasteiger partial charge in [-0.1, -0.05) is 0 Å². The minimum atomic E-state index is -7.04. The summed E-state index contributed by atoms with van der Waals surface area (Å²) in [6.07, 6.45) is -17.4. The molecule has 0 aliphatic rings. The summed E-state index contributed by atoms with van der Waals surface area (Å²) in [7, 11) is -7.04. The number of ether oxygens (including phenoxy) is 1. The van der Waals surface area contributed by atoms with E-state index in [1.54, 1.807) is 0 Å². The molecule has 0 aliphatic carbocycles. The normalized spacial score (nSPS) is 17.0. The zero-order chi connectivity index (χ0) is 14.3. The molecule has 0 fully saturated rings. The van der Waals surface area contributed by atoms with Gasteiger partial charge in [-0.15, -0.1) is 0 Å². The van der Waals surface area contributed by atoms with Crippen LogP contribution in [0.15, 0.2) is 0 Å². The lowest BCUT2D eigenvalue weighted by atomic mass is 10.6. The van der Waals surface area contributed by atoms with Crippen molar-refractivity contribution in [2.75, 3.05) is 0 Å². The molecule has 4 nitrogen and oxygen atoms in total. The summed E-state index contributed by atoms with van der Waals surface area (Å²) < 4.78 is 126. The van der Waals surface area contributed by atoms with E-state index in [0.29, 0.717) is 0 Å². The second-order valence-electron chi connectivity index (χ2n) is 2.46. The maximum atomic E-state index is 12.2. The van der Waals surface area contributed by atoms with Crippen molar-refractivity contribution in [2.24, 2.45) is 0 Å². The highest BCUT2D eigenvalue weighted by Crippen LogP contribution is 2.42. The van der Waals surface area contributed by atoms with E-state index in [-0.39, 0.29) is 0 Å². The zero-order valence-corrected chi connectivity index (χ0v) is 7.96. The second kappa shape index (κ2) is 4.20. The SMILES string of the molecule is O=S(=O)([O-])C(F)(F)C(F)(F)OC(F)C(F)(F)F. The van der Waals surface area contributed by atoms with Gasteiger partial charge in [0, 0.05) is 0 Å². The van der Waals surface area contributed by atoms with Crippen LogP contribution >= 0.6 is 0 Å². The number of halogens is 8. The third kappa shape index (κ3) is 3.38. The van der Waals surface area contributed by atoms with Gasteiger partial charge >= 0.3 is 17.5 Å². The van der Waals surface area contributed by atoms with Gasteiger partial charge in [0.05, 0.1) is 0 Å². The smallest absolute Gasteiger partial charge is 0.445 e. The van der Waals surface area contributed by atoms with E-state index in [1.165, 1.54) is 0 Å². The Bertz CT molecular complexity index is 371. The largest absolute Gasteiger partial charge is 0.743 e. The van der Waals surface area contributed by atoms with Crippen molar-refractivity contribution in [1.29, 1.82) is 0 Å². The third-order valence-electron chi connectivity index (χ3n) is 1.16. The van der Waals surface area contributed by atoms with Crippen molar-refractivity contribution < 1.29 is 52.8 Å². The summed E-state index contributed by atoms with van der Waals surface area (Å²) in [4.78, 5) is 0. The molecule has 0 saturated carbocycles. The van der Waals surface area contributed by atoms with Crippen LogP contribution in [0.1, 0.15) is 0 Å². The van der Waals surface area contributed by atoms with Gasteiger partial charge in [-0.05, 0) is 0 Å². The van der Waals surface area contributed by atoms with Crippen LogP contribution in [0.4, 0.5) is 35.1 Å². The van der Waals surface area contributed by atoms with Gasteiger partial charge in [0.25, 0.3) is 6.36 Å². The summed E-state index contributed by atoms with van der Waals surface area (Å²) >= 11 is 0. The molecule has 0 rings (SSSR count). The van der Waals surface area contributed by atoms with Gasteiger partial charge < -0.3 is 4.55 Å². The first-order valence-electron chi connectivity index (χ1n) is 3.22. The number of hydrogen-bond acceptors (Lipinski definition) is 4. The Morgan fingerprint density at radius 2 is 1.35 bits per heavy atom. The lowest BCUT2D eigenvalue weighted by Gasteiger charge is -2.29. The van der Waals surface area contributed by atoms with Crippen molar-refractivity contribution >= 4 is 10.1 Å². The van der Waals surface area contributed by atoms with Crippen LogP contribution in [-0.4, -0.2) is 36.9 Å². The standard InChI is InChI=1S/C4H2F8O4S/c5-1(2(6,7)8)16-3(9,10)4(11,12)17(13,14)15/h1H,(H,13,14,15)/p-1. The van der Waals surface area contributed by atoms with E-state index >= 15 is 0 Å². The number of rotatable bonds is 4. The fourth-order valence-electron chi connectivity index (χ4n) is 0.411. The lowest BCUT2D eigenvalue weighted by Crippen LogP contribution is -2.51. The fourth-order valence-corrected chi connectivity index (χ4v) is 0.750. The third-order valence-corrected chi connectivity index (χ3v) is 2.03. The first kappa shape index (κ1) is 16.3. The van der Waals surface area contributed by atoms with Crippen LogP contribution in [-0.2, 0) is 14.9 Å². The molecule has 1 unspecified atom stereocenters. The fraction of sp³-hybridized carbons (Fsp3) is 1.00. The summed E-state index contributed by atoms with van der Waals surface area (Å²) in [6.45, 7) is 0. The van der Waals surface area contributed by atoms with Crippen LogP contribution in [0.2, 0.25) is 0 Å². The molecule has 0 aromatic heterocycles. The van der Waals surface area contributed by atoms with Crippen molar-refractivity contribution in [1.82, 2.24) is 0 Å². The molecule has 0 spiro atoms. The van der Waals surface area contributed by atoms with Crippen LogP contribution in [0.5, 0.6) is 0 Å². The molecule has 0 bridgehead atoms. The van der Waals surface area contributed by atoms with Gasteiger partial charge in [-0.3, -0.25) is 4.74 Å². The van der Waals surface area contributed by atoms with Gasteiger partial charge in [-0.2, -0.15) is 30.7 Å². The van der Waals surface area contributed by atoms with Crippen molar-refractivity contribution in [2.45, 2.75) is 23.9 Å². The van der Waals surface area contributed by atoms with Gasteiger partial charge in [0.15, 0.2) is 10.1 Å². The molecule has 0 heterocycles. The van der Waals surface area contributed by atoms with Crippen LogP contribution in [0.25, 0.3) is 0 Å². The van der Waals surface area contributed by atoms with Crippen molar-refractivity contribution in [3.63, 3.8) is 0 Å². The summed E-state index contributed by atoms with van der Waals surface area (Å²) in [6, 6.07) is 0. The first-order valence-corrected chi connectivity index (χ1v) is 4.63. The molecule has 0 radical (unpaired) electrons. The molecule has 0 aliphatic heterocycles. The Labute approximate surface area is 87.9 Å². The highest BCUT2D eigenvalue weighted by molar-refractivity contribution is 7.86. The first-order chi connectivity index (χ1) is 7.13. The topological polar surface area (TPSA) is 66.4 Å². The molecule has 0 amide bonds. The molecule has 104 valence electrons. The molecule has 1 atom stereocenters. The van der Waals surface area contributed by atoms with Crippen LogP contribution in [0, 0.1) is 0 Å². The van der Waals surface area contributed by atoms with Crippen molar-refractivity contribution in [3.05, 3.63) is 0 Å². The molecule has 0 aromatic rings. The van der Waals surface area contributed by atoms with E-state index in [2.05, 4.69) is 0 Å². The summed E-state index contributed by atoms with van der Waals surface area (Å²) in [5.41, 5.74) is 0. The van der Waals surface area contributed by atoms with E-state index in [1.807, 2.05) is 4.74 Å². The maximum absolute atomic E-state index is 12.2. The average molecular weight is 297 g/mol. The number of hydrogen-bond donors (Lipinski definition) is 0. The van der Waals surface area contributed by atoms with E-state index in [9.17, 15) is 48.1 Å². The molecule has 13 heteroatoms. The van der Waals surface area contributed by atoms with E-state index < -0.39 is 34.0 Å². The van der Waals surface area contributed by atoms with Gasteiger partial charge in [0.1, 0.15) is 0 Å². The summed E-state index contributed by atoms with van der Waals surface area (Å²) in [5, 5.41) is -6.55. The molecular formula is C4HF8O4S-. The maximum Gasteiger partial charge on any atom is 0.445 e. The molecule has 0 saturated heterocycles. The number of alkyl halides is 8. The quantitative estimate of drug-likeness (QED) is 0.584. The van der Waals surface area contributed by atoms with Gasteiger partial charge in [-0.25, -0.2) is 12.8 Å². The Balaban J connectivity index is 5.18. The molecule has 0 N–H and O–H groups in total. The predicted octanol–water partition coefficient (Wildman–Crippen LogP) is 1.59. The molecule has 17 heavy (non-hydrogen) atoms. The highest BCUT2D eigenvalue weighted by atomic mass is 32.2. The Morgan fingerprint density at radius 3 is 1.59 bits per heavy atom. The minimum Gasteiger partial charge on any atom is -0.743 e. The Kier molecular flexibility index (Phi) is 4.03. The Morgan fingerprint density at radius 1 is 1.00 bits per heavy atom. The molecule has 0 aromatic carbocycles. The predicted molar refractivity (Wildman–Crippen MR) is 31.6 cm³/mol. The second-order valence-corrected chi connectivity index (χ2v) is 3.88. The lowest BCUT2D eigenvalue weighted by molar-refractivity contribution is -0.394. The van der Waals surface area contributed by atoms with E-state index in [0.717, 1.165) is 0 Å². The van der Waals surface area contributed by atoms with E-state index in [4.69, 9.17) is 0 Å². The monoisotopic (exact) mass is 297 g/mol. The zero-order valence-electron chi connectivity index (χ0n) is 7.14. The van der Waals surface area contributed by atoms with Gasteiger partial charge in [0.2, 0.25) is 0 Å².